The highest BCUT2D eigenvalue weighted by Gasteiger charge is 2.22. The Morgan fingerprint density at radius 3 is 2.18 bits per heavy atom. The van der Waals surface area contributed by atoms with Crippen LogP contribution in [-0.4, -0.2) is 26.2 Å². The molecule has 3 nitrogen and oxygen atoms in total. The molecule has 0 spiro atoms. The smallest absolute Gasteiger partial charge is 0.137 e. The molecule has 0 unspecified atom stereocenters. The van der Waals surface area contributed by atoms with E-state index in [1.807, 2.05) is 0 Å². The highest BCUT2D eigenvalue weighted by atomic mass is 16.5. The van der Waals surface area contributed by atoms with Crippen LogP contribution >= 0.6 is 0 Å². The summed E-state index contributed by atoms with van der Waals surface area (Å²) in [7, 11) is 0. The lowest BCUT2D eigenvalue weighted by Crippen LogP contribution is -2.88. The summed E-state index contributed by atoms with van der Waals surface area (Å²) in [4.78, 5) is 0. The van der Waals surface area contributed by atoms with Gasteiger partial charge in [-0.1, -0.05) is 56.3 Å². The van der Waals surface area contributed by atoms with Crippen molar-refractivity contribution in [2.75, 3.05) is 26.2 Å². The van der Waals surface area contributed by atoms with Gasteiger partial charge >= 0.3 is 0 Å². The standard InChI is InChI=1S/C19H26N2O/c1-19(2,16-6-4-3-5-7-16)17-8-10-18(11-9-17)22-15-14-21-13-12-20/h3-11,21H,12-15,20H2,1-2H3/p+2. The maximum atomic E-state index is 5.77. The lowest BCUT2D eigenvalue weighted by atomic mass is 9.78. The number of quaternary nitrogens is 2. The monoisotopic (exact) mass is 300 g/mol. The Balaban J connectivity index is 1.96. The molecule has 0 saturated heterocycles. The van der Waals surface area contributed by atoms with Crippen molar-refractivity contribution in [1.82, 2.24) is 0 Å². The van der Waals surface area contributed by atoms with Gasteiger partial charge in [0.15, 0.2) is 0 Å². The molecule has 0 aromatic heterocycles. The van der Waals surface area contributed by atoms with E-state index in [0.717, 1.165) is 32.0 Å². The minimum Gasteiger partial charge on any atom is -0.488 e. The second kappa shape index (κ2) is 7.97. The molecule has 0 radical (unpaired) electrons. The Morgan fingerprint density at radius 1 is 0.909 bits per heavy atom. The summed E-state index contributed by atoms with van der Waals surface area (Å²) in [6.07, 6.45) is 0. The van der Waals surface area contributed by atoms with Crippen molar-refractivity contribution in [3.05, 3.63) is 65.7 Å². The van der Waals surface area contributed by atoms with Gasteiger partial charge in [-0.05, 0) is 23.3 Å². The van der Waals surface area contributed by atoms with Crippen molar-refractivity contribution >= 4 is 0 Å². The first-order valence-corrected chi connectivity index (χ1v) is 8.04. The van der Waals surface area contributed by atoms with E-state index in [2.05, 4.69) is 79.5 Å². The molecular formula is C19H28N2O+2. The number of hydrogen-bond donors (Lipinski definition) is 2. The zero-order valence-electron chi connectivity index (χ0n) is 13.7. The Bertz CT molecular complexity index is 549. The summed E-state index contributed by atoms with van der Waals surface area (Å²) in [5.41, 5.74) is 6.45. The van der Waals surface area contributed by atoms with Crippen LogP contribution in [0.2, 0.25) is 0 Å². The quantitative estimate of drug-likeness (QED) is 0.707. The number of nitrogens with two attached hydrogens (primary N) is 1. The second-order valence-electron chi connectivity index (χ2n) is 6.08. The van der Waals surface area contributed by atoms with Gasteiger partial charge in [0.25, 0.3) is 0 Å². The van der Waals surface area contributed by atoms with Crippen LogP contribution in [-0.2, 0) is 5.41 Å². The van der Waals surface area contributed by atoms with Gasteiger partial charge < -0.3 is 15.8 Å². The zero-order chi connectivity index (χ0) is 15.8. The van der Waals surface area contributed by atoms with Gasteiger partial charge in [-0.15, -0.1) is 0 Å². The van der Waals surface area contributed by atoms with Gasteiger partial charge in [-0.2, -0.15) is 0 Å². The second-order valence-corrected chi connectivity index (χ2v) is 6.08. The Labute approximate surface area is 133 Å². The predicted octanol–water partition coefficient (Wildman–Crippen LogP) is 1.20. The Morgan fingerprint density at radius 2 is 1.55 bits per heavy atom. The minimum atomic E-state index is 0.00168. The SMILES string of the molecule is CC(C)(c1ccccc1)c1ccc(OCC[NH2+]CC[NH3+])cc1. The van der Waals surface area contributed by atoms with E-state index < -0.39 is 0 Å². The van der Waals surface area contributed by atoms with Crippen molar-refractivity contribution < 1.29 is 15.8 Å². The lowest BCUT2D eigenvalue weighted by Gasteiger charge is -2.26. The molecule has 0 atom stereocenters. The van der Waals surface area contributed by atoms with Crippen molar-refractivity contribution in [2.45, 2.75) is 19.3 Å². The molecule has 2 aromatic rings. The van der Waals surface area contributed by atoms with E-state index in [1.54, 1.807) is 0 Å². The Kier molecular flexibility index (Phi) is 5.99. The fraction of sp³-hybridized carbons (Fsp3) is 0.368. The van der Waals surface area contributed by atoms with Crippen molar-refractivity contribution in [1.29, 1.82) is 0 Å². The summed E-state index contributed by atoms with van der Waals surface area (Å²) in [6.45, 7) is 8.25. The fourth-order valence-corrected chi connectivity index (χ4v) is 2.54. The average Bonchev–Trinajstić information content (AvgIpc) is 2.56. The van der Waals surface area contributed by atoms with Crippen molar-refractivity contribution in [2.24, 2.45) is 0 Å². The van der Waals surface area contributed by atoms with Crippen molar-refractivity contribution in [3.8, 4) is 5.75 Å². The highest BCUT2D eigenvalue weighted by molar-refractivity contribution is 5.39. The van der Waals surface area contributed by atoms with Crippen LogP contribution in [0.1, 0.15) is 25.0 Å². The van der Waals surface area contributed by atoms with Gasteiger partial charge in [-0.25, -0.2) is 0 Å². The number of hydrogen-bond acceptors (Lipinski definition) is 1. The number of benzene rings is 2. The van der Waals surface area contributed by atoms with E-state index in [-0.39, 0.29) is 5.41 Å². The van der Waals surface area contributed by atoms with Crippen LogP contribution in [0.5, 0.6) is 5.75 Å². The fourth-order valence-electron chi connectivity index (χ4n) is 2.54. The van der Waals surface area contributed by atoms with Crippen LogP contribution in [0.15, 0.2) is 54.6 Å². The highest BCUT2D eigenvalue weighted by Crippen LogP contribution is 2.32. The van der Waals surface area contributed by atoms with E-state index in [4.69, 9.17) is 4.74 Å². The van der Waals surface area contributed by atoms with Gasteiger partial charge in [0.2, 0.25) is 0 Å². The molecule has 2 rings (SSSR count). The van der Waals surface area contributed by atoms with Gasteiger partial charge in [0.1, 0.15) is 32.0 Å². The predicted molar refractivity (Wildman–Crippen MR) is 89.9 cm³/mol. The molecule has 0 saturated carbocycles. The molecule has 0 aliphatic rings. The van der Waals surface area contributed by atoms with E-state index in [1.165, 1.54) is 11.1 Å². The molecule has 5 N–H and O–H groups in total. The van der Waals surface area contributed by atoms with E-state index in [9.17, 15) is 0 Å². The molecule has 2 aromatic carbocycles. The van der Waals surface area contributed by atoms with Gasteiger partial charge in [-0.3, -0.25) is 0 Å². The van der Waals surface area contributed by atoms with Crippen LogP contribution in [0.3, 0.4) is 0 Å². The first-order valence-electron chi connectivity index (χ1n) is 8.04. The normalized spacial score (nSPS) is 11.4. The number of rotatable bonds is 8. The molecule has 0 fully saturated rings. The molecule has 118 valence electrons. The lowest BCUT2D eigenvalue weighted by molar-refractivity contribution is -0.670. The maximum Gasteiger partial charge on any atom is 0.137 e. The molecule has 0 heterocycles. The van der Waals surface area contributed by atoms with Gasteiger partial charge in [0, 0.05) is 5.41 Å². The molecule has 22 heavy (non-hydrogen) atoms. The third-order valence-corrected chi connectivity index (χ3v) is 4.07. The Hall–Kier alpha value is -1.84. The summed E-state index contributed by atoms with van der Waals surface area (Å²) >= 11 is 0. The van der Waals surface area contributed by atoms with Gasteiger partial charge in [0.05, 0.1) is 0 Å². The summed E-state index contributed by atoms with van der Waals surface area (Å²) in [5, 5.41) is 2.24. The first kappa shape index (κ1) is 16.5. The van der Waals surface area contributed by atoms with Crippen molar-refractivity contribution in [3.63, 3.8) is 0 Å². The van der Waals surface area contributed by atoms with E-state index >= 15 is 0 Å². The average molecular weight is 300 g/mol. The minimum absolute atomic E-state index is 0.00168. The topological polar surface area (TPSA) is 53.5 Å². The van der Waals surface area contributed by atoms with Crippen LogP contribution < -0.4 is 15.8 Å². The molecule has 0 amide bonds. The van der Waals surface area contributed by atoms with Crippen LogP contribution in [0.4, 0.5) is 0 Å². The van der Waals surface area contributed by atoms with Crippen LogP contribution in [0, 0.1) is 0 Å². The largest absolute Gasteiger partial charge is 0.488 e. The molecule has 3 heteroatoms. The summed E-state index contributed by atoms with van der Waals surface area (Å²) in [6, 6.07) is 19.1. The summed E-state index contributed by atoms with van der Waals surface area (Å²) in [5.74, 6) is 0.940. The molecule has 0 aliphatic carbocycles. The molecule has 0 bridgehead atoms. The maximum absolute atomic E-state index is 5.77. The molecule has 0 aliphatic heterocycles. The first-order chi connectivity index (χ1) is 10.6. The molecular weight excluding hydrogens is 272 g/mol. The van der Waals surface area contributed by atoms with Crippen LogP contribution in [0.25, 0.3) is 0 Å². The van der Waals surface area contributed by atoms with E-state index in [0.29, 0.717) is 0 Å². The number of ether oxygens (including phenoxy) is 1. The zero-order valence-corrected chi connectivity index (χ0v) is 13.7. The third kappa shape index (κ3) is 4.33. The third-order valence-electron chi connectivity index (χ3n) is 4.07. The summed E-state index contributed by atoms with van der Waals surface area (Å²) < 4.78 is 5.77.